The summed E-state index contributed by atoms with van der Waals surface area (Å²) >= 11 is 0. The van der Waals surface area contributed by atoms with Crippen molar-refractivity contribution in [2.45, 2.75) is 65.5 Å². The van der Waals surface area contributed by atoms with Crippen LogP contribution in [0.2, 0.25) is 12.1 Å². The van der Waals surface area contributed by atoms with Gasteiger partial charge in [0.15, 0.2) is 0 Å². The number of hydrogen-bond acceptors (Lipinski definition) is 0. The topological polar surface area (TPSA) is 0 Å². The molecular weight excluding hydrogens is 143 g/mol. The summed E-state index contributed by atoms with van der Waals surface area (Å²) in [6.07, 6.45) is 6.75. The monoisotopic (exact) mass is 167 g/mol. The van der Waals surface area contributed by atoms with E-state index in [9.17, 15) is 0 Å². The van der Waals surface area contributed by atoms with Gasteiger partial charge in [0, 0.05) is 0 Å². The van der Waals surface area contributed by atoms with Gasteiger partial charge in [0.25, 0.3) is 0 Å². The van der Waals surface area contributed by atoms with Crippen LogP contribution < -0.4 is 0 Å². The van der Waals surface area contributed by atoms with E-state index in [-0.39, 0.29) is 0 Å². The summed E-state index contributed by atoms with van der Waals surface area (Å²) in [7, 11) is 2.50. The molecule has 2 unspecified atom stereocenters. The molecule has 0 aliphatic carbocycles. The first-order valence-electron chi connectivity index (χ1n) is 5.55. The van der Waals surface area contributed by atoms with Gasteiger partial charge in [-0.05, 0) is 5.92 Å². The third kappa shape index (κ3) is 5.68. The lowest BCUT2D eigenvalue weighted by Crippen LogP contribution is -2.08. The van der Waals surface area contributed by atoms with Crippen molar-refractivity contribution in [1.82, 2.24) is 0 Å². The Morgan fingerprint density at radius 2 is 1.75 bits per heavy atom. The molecule has 0 saturated carbocycles. The van der Waals surface area contributed by atoms with Gasteiger partial charge in [0.2, 0.25) is 0 Å². The molecule has 1 radical (unpaired) electrons. The molecule has 0 aromatic rings. The van der Waals surface area contributed by atoms with Crippen LogP contribution in [0.15, 0.2) is 0 Å². The molecule has 0 nitrogen and oxygen atoms in total. The Hall–Kier alpha value is 0.0649. The average Bonchev–Trinajstić information content (AvgIpc) is 2.10. The highest BCUT2D eigenvalue weighted by atomic mass is 14.0. The minimum absolute atomic E-state index is 0.812. The Labute approximate surface area is 79.4 Å². The largest absolute Gasteiger partial charge is 0.113 e. The van der Waals surface area contributed by atoms with Crippen LogP contribution in [0.4, 0.5) is 0 Å². The third-order valence-electron chi connectivity index (χ3n) is 2.89. The maximum Gasteiger partial charge on any atom is 0.113 e. The van der Waals surface area contributed by atoms with E-state index in [1.165, 1.54) is 32.0 Å². The second-order valence-corrected chi connectivity index (χ2v) is 3.98. The molecule has 0 aromatic heterocycles. The molecule has 2 atom stereocenters. The third-order valence-corrected chi connectivity index (χ3v) is 2.89. The van der Waals surface area contributed by atoms with Crippen LogP contribution in [0, 0.1) is 5.92 Å². The van der Waals surface area contributed by atoms with Crippen LogP contribution in [0.1, 0.15) is 53.4 Å². The smallest absolute Gasteiger partial charge is 0.0800 e. The standard InChI is InChI=1S/C11H24B/c1-5-7-8-9-12-11(4)10(3)6-2/h10-11H,5-9H2,1-4H3. The zero-order valence-corrected chi connectivity index (χ0v) is 9.27. The summed E-state index contributed by atoms with van der Waals surface area (Å²) in [5.74, 6) is 1.68. The SMILES string of the molecule is CCCCC[B]C(C)C(C)CC. The minimum atomic E-state index is 0.812. The summed E-state index contributed by atoms with van der Waals surface area (Å²) in [6, 6.07) is 0. The Morgan fingerprint density at radius 1 is 1.08 bits per heavy atom. The first kappa shape index (κ1) is 12.1. The zero-order chi connectivity index (χ0) is 9.40. The van der Waals surface area contributed by atoms with Crippen LogP contribution >= 0.6 is 0 Å². The van der Waals surface area contributed by atoms with Gasteiger partial charge in [-0.3, -0.25) is 0 Å². The first-order valence-corrected chi connectivity index (χ1v) is 5.55. The molecule has 0 saturated heterocycles. The van der Waals surface area contributed by atoms with Crippen LogP contribution in [0.3, 0.4) is 0 Å². The summed E-state index contributed by atoms with van der Waals surface area (Å²) < 4.78 is 0. The Morgan fingerprint density at radius 3 is 2.25 bits per heavy atom. The molecule has 12 heavy (non-hydrogen) atoms. The van der Waals surface area contributed by atoms with Crippen molar-refractivity contribution in [2.24, 2.45) is 5.92 Å². The number of unbranched alkanes of at least 4 members (excludes halogenated alkanes) is 2. The highest BCUT2D eigenvalue weighted by Gasteiger charge is 2.09. The number of rotatable bonds is 7. The molecule has 0 N–H and O–H groups in total. The lowest BCUT2D eigenvalue weighted by atomic mass is 9.57. The van der Waals surface area contributed by atoms with Gasteiger partial charge < -0.3 is 0 Å². The second-order valence-electron chi connectivity index (χ2n) is 3.98. The fourth-order valence-corrected chi connectivity index (χ4v) is 1.38. The van der Waals surface area contributed by atoms with Crippen LogP contribution in [-0.2, 0) is 0 Å². The highest BCUT2D eigenvalue weighted by molar-refractivity contribution is 6.37. The van der Waals surface area contributed by atoms with Gasteiger partial charge in [-0.1, -0.05) is 65.5 Å². The summed E-state index contributed by atoms with van der Waals surface area (Å²) in [5.41, 5.74) is 0. The van der Waals surface area contributed by atoms with Gasteiger partial charge in [-0.25, -0.2) is 0 Å². The first-order chi connectivity index (χ1) is 5.72. The lowest BCUT2D eigenvalue weighted by Gasteiger charge is -2.16. The van der Waals surface area contributed by atoms with Gasteiger partial charge in [-0.2, -0.15) is 0 Å². The second kappa shape index (κ2) is 7.70. The maximum atomic E-state index is 2.50. The number of hydrogen-bond donors (Lipinski definition) is 0. The van der Waals surface area contributed by atoms with Gasteiger partial charge in [0.05, 0.1) is 0 Å². The fraction of sp³-hybridized carbons (Fsp3) is 1.00. The molecule has 0 aliphatic rings. The fourth-order valence-electron chi connectivity index (χ4n) is 1.38. The minimum Gasteiger partial charge on any atom is -0.0800 e. The van der Waals surface area contributed by atoms with Gasteiger partial charge in [-0.15, -0.1) is 0 Å². The predicted octanol–water partition coefficient (Wildman–Crippen LogP) is 4.15. The molecular formula is C11H24B. The van der Waals surface area contributed by atoms with E-state index in [0.717, 1.165) is 11.7 Å². The van der Waals surface area contributed by atoms with Crippen LogP contribution in [-0.4, -0.2) is 7.28 Å². The summed E-state index contributed by atoms with van der Waals surface area (Å²) in [4.78, 5) is 0. The van der Waals surface area contributed by atoms with E-state index in [1.54, 1.807) is 0 Å². The lowest BCUT2D eigenvalue weighted by molar-refractivity contribution is 0.537. The summed E-state index contributed by atoms with van der Waals surface area (Å²) in [6.45, 7) is 9.24. The Bertz CT molecular complexity index is 91.0. The molecule has 0 heterocycles. The predicted molar refractivity (Wildman–Crippen MR) is 59.0 cm³/mol. The average molecular weight is 167 g/mol. The van der Waals surface area contributed by atoms with E-state index < -0.39 is 0 Å². The van der Waals surface area contributed by atoms with Gasteiger partial charge in [0.1, 0.15) is 7.28 Å². The van der Waals surface area contributed by atoms with E-state index in [1.807, 2.05) is 0 Å². The Kier molecular flexibility index (Phi) is 7.74. The highest BCUT2D eigenvalue weighted by Crippen LogP contribution is 2.20. The van der Waals surface area contributed by atoms with Crippen LogP contribution in [0.25, 0.3) is 0 Å². The van der Waals surface area contributed by atoms with Crippen molar-refractivity contribution in [1.29, 1.82) is 0 Å². The molecule has 71 valence electrons. The van der Waals surface area contributed by atoms with Crippen molar-refractivity contribution < 1.29 is 0 Å². The molecule has 0 spiro atoms. The maximum absolute atomic E-state index is 2.50. The van der Waals surface area contributed by atoms with E-state index in [4.69, 9.17) is 0 Å². The molecule has 0 rings (SSSR count). The van der Waals surface area contributed by atoms with Crippen molar-refractivity contribution in [3.05, 3.63) is 0 Å². The molecule has 0 aliphatic heterocycles. The van der Waals surface area contributed by atoms with Crippen molar-refractivity contribution in [2.75, 3.05) is 0 Å². The molecule has 0 aromatic carbocycles. The van der Waals surface area contributed by atoms with E-state index in [2.05, 4.69) is 35.0 Å². The normalized spacial score (nSPS) is 15.7. The zero-order valence-electron chi connectivity index (χ0n) is 9.27. The molecule has 0 amide bonds. The van der Waals surface area contributed by atoms with Crippen molar-refractivity contribution in [3.8, 4) is 0 Å². The Balaban J connectivity index is 3.24. The molecule has 0 fully saturated rings. The van der Waals surface area contributed by atoms with Crippen molar-refractivity contribution >= 4 is 7.28 Å². The van der Waals surface area contributed by atoms with Gasteiger partial charge >= 0.3 is 0 Å². The van der Waals surface area contributed by atoms with Crippen molar-refractivity contribution in [3.63, 3.8) is 0 Å². The van der Waals surface area contributed by atoms with E-state index >= 15 is 0 Å². The van der Waals surface area contributed by atoms with Crippen LogP contribution in [0.5, 0.6) is 0 Å². The molecule has 1 heteroatoms. The van der Waals surface area contributed by atoms with E-state index in [0.29, 0.717) is 0 Å². The summed E-state index contributed by atoms with van der Waals surface area (Å²) in [5, 5.41) is 0. The quantitative estimate of drug-likeness (QED) is 0.394. The molecule has 0 bridgehead atoms.